The Kier molecular flexibility index (Phi) is 15.0. The molecule has 62 heavy (non-hydrogen) atoms. The number of halogens is 6. The lowest BCUT2D eigenvalue weighted by atomic mass is 9.87. The third kappa shape index (κ3) is 13.1. The molecular weight excluding hydrogens is 826 g/mol. The number of anilines is 2. The normalized spacial score (nSPS) is 19.0. The molecule has 328 valence electrons. The third-order valence-corrected chi connectivity index (χ3v) is 10.2. The highest BCUT2D eigenvalue weighted by Crippen LogP contribution is 2.39. The molecule has 2 aromatic carbocycles. The van der Waals surface area contributed by atoms with Gasteiger partial charge < -0.3 is 31.9 Å². The number of carbonyl (C=O) groups is 6. The van der Waals surface area contributed by atoms with Crippen LogP contribution in [0.2, 0.25) is 0 Å². The van der Waals surface area contributed by atoms with Crippen molar-refractivity contribution in [2.75, 3.05) is 23.7 Å². The van der Waals surface area contributed by atoms with E-state index in [9.17, 15) is 55.1 Å². The zero-order valence-corrected chi connectivity index (χ0v) is 32.9. The number of rotatable bonds is 8. The molecule has 14 nitrogen and oxygen atoms in total. The molecule has 6 rings (SSSR count). The number of piperidine rings is 2. The minimum Gasteiger partial charge on any atom is -0.366 e. The van der Waals surface area contributed by atoms with Gasteiger partial charge in [-0.1, -0.05) is 60.7 Å². The Labute approximate surface area is 351 Å². The minimum atomic E-state index is -4.36. The van der Waals surface area contributed by atoms with Gasteiger partial charge in [0, 0.05) is 38.3 Å². The zero-order chi connectivity index (χ0) is 45.2. The number of nitrogens with one attached hydrogen (secondary N) is 2. The topological polar surface area (TPSA) is 211 Å². The summed E-state index contributed by atoms with van der Waals surface area (Å²) in [6, 6.07) is 19.2. The lowest BCUT2D eigenvalue weighted by Gasteiger charge is -2.39. The maximum atomic E-state index is 12.9. The maximum Gasteiger partial charge on any atom is 0.389 e. The monoisotopic (exact) mass is 868 g/mol. The van der Waals surface area contributed by atoms with Crippen LogP contribution in [0.4, 0.5) is 37.7 Å². The summed E-state index contributed by atoms with van der Waals surface area (Å²) in [7, 11) is 0. The molecule has 2 aliphatic heterocycles. The first kappa shape index (κ1) is 46.2. The average molecular weight is 869 g/mol. The molecule has 0 bridgehead atoms. The number of primary amides is 2. The van der Waals surface area contributed by atoms with Crippen LogP contribution < -0.4 is 22.1 Å². The van der Waals surface area contributed by atoms with E-state index in [4.69, 9.17) is 11.5 Å². The first-order valence-electron chi connectivity index (χ1n) is 19.2. The van der Waals surface area contributed by atoms with Crippen LogP contribution in [0.5, 0.6) is 0 Å². The molecule has 20 heteroatoms. The number of nitrogens with zero attached hydrogens (tertiary/aromatic N) is 4. The summed E-state index contributed by atoms with van der Waals surface area (Å²) in [5.74, 6) is -7.08. The summed E-state index contributed by atoms with van der Waals surface area (Å²) in [6.45, 7) is -0.379. The maximum absolute atomic E-state index is 12.9. The van der Waals surface area contributed by atoms with Gasteiger partial charge in [0.2, 0.25) is 11.8 Å². The number of benzene rings is 2. The second kappa shape index (κ2) is 20.1. The molecule has 6 N–H and O–H groups in total. The molecule has 6 amide bonds. The van der Waals surface area contributed by atoms with Crippen LogP contribution in [0.3, 0.4) is 0 Å². The van der Waals surface area contributed by atoms with E-state index >= 15 is 0 Å². The van der Waals surface area contributed by atoms with Gasteiger partial charge in [-0.05, 0) is 60.8 Å². The number of hydrogen-bond donors (Lipinski definition) is 4. The lowest BCUT2D eigenvalue weighted by molar-refractivity contribution is -0.157. The number of amides is 6. The highest BCUT2D eigenvalue weighted by molar-refractivity contribution is 6.40. The number of carbonyl (C=O) groups excluding carboxylic acids is 6. The van der Waals surface area contributed by atoms with E-state index in [1.54, 1.807) is 60.7 Å². The molecule has 4 heterocycles. The second-order valence-electron chi connectivity index (χ2n) is 14.9. The molecule has 2 aliphatic rings. The summed E-state index contributed by atoms with van der Waals surface area (Å²) in [4.78, 5) is 83.5. The largest absolute Gasteiger partial charge is 0.389 e. The second-order valence-corrected chi connectivity index (χ2v) is 14.9. The summed E-state index contributed by atoms with van der Waals surface area (Å²) in [5.41, 5.74) is 12.1. The SMILES string of the molecule is NC(=O)c1cncc(NC(=O)C(=O)N2C[C@H](CC(F)(F)F)CC[C@@H]2c2ccccc2)c1.NC(=O)c1cncc(NC(=O)C(=O)N2C[C@H](CC(F)(F)F)CC[C@H]2c2ccccc2)c1. The van der Waals surface area contributed by atoms with Gasteiger partial charge in [0.25, 0.3) is 0 Å². The molecule has 4 atom stereocenters. The van der Waals surface area contributed by atoms with Gasteiger partial charge in [-0.2, -0.15) is 26.3 Å². The van der Waals surface area contributed by atoms with Gasteiger partial charge in [0.1, 0.15) is 0 Å². The molecule has 2 aromatic heterocycles. The molecule has 0 aliphatic carbocycles. The summed E-state index contributed by atoms with van der Waals surface area (Å²) >= 11 is 0. The van der Waals surface area contributed by atoms with Crippen LogP contribution in [0, 0.1) is 11.8 Å². The van der Waals surface area contributed by atoms with Crippen molar-refractivity contribution < 1.29 is 55.1 Å². The number of nitrogens with two attached hydrogens (primary N) is 2. The van der Waals surface area contributed by atoms with E-state index in [1.807, 2.05) is 0 Å². The fourth-order valence-electron chi connectivity index (χ4n) is 7.49. The van der Waals surface area contributed by atoms with E-state index in [1.165, 1.54) is 46.7 Å². The Morgan fingerprint density at radius 3 is 1.24 bits per heavy atom. The van der Waals surface area contributed by atoms with E-state index in [-0.39, 0.29) is 48.4 Å². The highest BCUT2D eigenvalue weighted by atomic mass is 19.4. The van der Waals surface area contributed by atoms with Crippen molar-refractivity contribution in [1.29, 1.82) is 0 Å². The fraction of sp³-hybridized carbons (Fsp3) is 0.333. The molecule has 2 fully saturated rings. The predicted octanol–water partition coefficient (Wildman–Crippen LogP) is 6.10. The number of alkyl halides is 6. The van der Waals surface area contributed by atoms with E-state index in [0.29, 0.717) is 12.8 Å². The van der Waals surface area contributed by atoms with Crippen LogP contribution in [0.1, 0.15) is 82.5 Å². The van der Waals surface area contributed by atoms with Crippen LogP contribution in [-0.2, 0) is 19.2 Å². The van der Waals surface area contributed by atoms with Crippen molar-refractivity contribution >= 4 is 46.8 Å². The standard InChI is InChI=1S/2C21H21F3N4O3/c2*22-21(23,24)9-13-6-7-17(14-4-2-1-3-5-14)28(12-13)20(31)19(30)27-16-8-15(18(25)29)10-26-11-16/h2*1-5,8,10-11,13,17H,6-7,9,12H2,(H2,25,29)(H,27,30)/t13-,17+;13-,17-/m00/s1. The van der Waals surface area contributed by atoms with Crippen LogP contribution in [-0.4, -0.2) is 80.7 Å². The Morgan fingerprint density at radius 1 is 0.565 bits per heavy atom. The zero-order valence-electron chi connectivity index (χ0n) is 32.9. The fourth-order valence-corrected chi connectivity index (χ4v) is 7.49. The van der Waals surface area contributed by atoms with Crippen LogP contribution in [0.25, 0.3) is 0 Å². The van der Waals surface area contributed by atoms with Crippen molar-refractivity contribution in [3.8, 4) is 0 Å². The minimum absolute atomic E-state index is 0.0376. The van der Waals surface area contributed by atoms with Crippen LogP contribution in [0.15, 0.2) is 97.6 Å². The van der Waals surface area contributed by atoms with Crippen LogP contribution >= 0.6 is 0 Å². The van der Waals surface area contributed by atoms with Crippen molar-refractivity contribution in [1.82, 2.24) is 19.8 Å². The van der Waals surface area contributed by atoms with Crippen molar-refractivity contribution in [2.45, 2.75) is 63.0 Å². The van der Waals surface area contributed by atoms with E-state index in [2.05, 4.69) is 20.6 Å². The van der Waals surface area contributed by atoms with Crippen molar-refractivity contribution in [3.63, 3.8) is 0 Å². The smallest absolute Gasteiger partial charge is 0.366 e. The van der Waals surface area contributed by atoms with Gasteiger partial charge in [-0.25, -0.2) is 0 Å². The summed E-state index contributed by atoms with van der Waals surface area (Å²) < 4.78 is 77.5. The molecule has 0 unspecified atom stereocenters. The van der Waals surface area contributed by atoms with Gasteiger partial charge in [0.05, 0.1) is 47.0 Å². The van der Waals surface area contributed by atoms with E-state index < -0.39 is 84.6 Å². The number of pyridine rings is 2. The Morgan fingerprint density at radius 2 is 0.919 bits per heavy atom. The first-order chi connectivity index (χ1) is 29.3. The molecule has 4 aromatic rings. The summed E-state index contributed by atoms with van der Waals surface area (Å²) in [6.07, 6.45) is -4.70. The molecule has 2 saturated heterocycles. The lowest BCUT2D eigenvalue weighted by Crippen LogP contribution is -2.47. The Bertz CT molecular complexity index is 2090. The molecular formula is C42H42F6N8O6. The third-order valence-electron chi connectivity index (χ3n) is 10.2. The predicted molar refractivity (Wildman–Crippen MR) is 211 cm³/mol. The molecule has 0 spiro atoms. The van der Waals surface area contributed by atoms with Gasteiger partial charge in [-0.15, -0.1) is 0 Å². The Hall–Kier alpha value is -6.86. The molecule has 0 saturated carbocycles. The first-order valence-corrected chi connectivity index (χ1v) is 19.2. The number of likely N-dealkylation sites (tertiary alicyclic amines) is 2. The molecule has 0 radical (unpaired) electrons. The number of hydrogen-bond acceptors (Lipinski definition) is 8. The van der Waals surface area contributed by atoms with Gasteiger partial charge in [-0.3, -0.25) is 38.7 Å². The van der Waals surface area contributed by atoms with Gasteiger partial charge >= 0.3 is 36.0 Å². The van der Waals surface area contributed by atoms with Crippen molar-refractivity contribution in [3.05, 3.63) is 120 Å². The van der Waals surface area contributed by atoms with E-state index in [0.717, 1.165) is 11.1 Å². The summed E-state index contributed by atoms with van der Waals surface area (Å²) in [5, 5.41) is 4.69. The number of aromatic nitrogens is 2. The van der Waals surface area contributed by atoms with Crippen molar-refractivity contribution in [2.24, 2.45) is 23.3 Å². The Balaban J connectivity index is 0.000000234. The quantitative estimate of drug-likeness (QED) is 0.120. The highest BCUT2D eigenvalue weighted by Gasteiger charge is 2.41. The van der Waals surface area contributed by atoms with Gasteiger partial charge in [0.15, 0.2) is 0 Å². The average Bonchev–Trinajstić information content (AvgIpc) is 3.23.